The largest absolute Gasteiger partial charge is 0.393 e. The van der Waals surface area contributed by atoms with Gasteiger partial charge < -0.3 is 10.2 Å². The van der Waals surface area contributed by atoms with Crippen LogP contribution in [0.2, 0.25) is 0 Å². The second-order valence-corrected chi connectivity index (χ2v) is 11.7. The van der Waals surface area contributed by atoms with Crippen molar-refractivity contribution >= 4 is 6.08 Å². The van der Waals surface area contributed by atoms with E-state index in [9.17, 15) is 10.2 Å². The number of aliphatic hydroxyl groups is 2. The number of rotatable bonds is 1. The molecule has 30 heavy (non-hydrogen) atoms. The molecule has 0 aromatic carbocycles. The zero-order chi connectivity index (χ0) is 21.4. The molecule has 4 heteroatoms. The van der Waals surface area contributed by atoms with Gasteiger partial charge in [-0.25, -0.2) is 0 Å². The number of hydrogen-bond acceptors (Lipinski definition) is 3. The molecule has 0 radical (unpaired) electrons. The fraction of sp³-hybridized carbons (Fsp3) is 0.808. The van der Waals surface area contributed by atoms with Crippen LogP contribution in [0.25, 0.3) is 6.08 Å². The Labute approximate surface area is 181 Å². The Kier molecular flexibility index (Phi) is 4.80. The average molecular weight is 413 g/mol. The number of hydrogen-bond donors (Lipinski definition) is 2. The number of aromatic nitrogens is 2. The normalized spacial score (nSPS) is 47.1. The molecule has 4 saturated carbocycles. The molecule has 0 aliphatic heterocycles. The lowest BCUT2D eigenvalue weighted by Crippen LogP contribution is -2.54. The maximum absolute atomic E-state index is 11.5. The average Bonchev–Trinajstić information content (AvgIpc) is 3.10. The minimum Gasteiger partial charge on any atom is -0.393 e. The molecule has 0 spiro atoms. The fourth-order valence-electron chi connectivity index (χ4n) is 8.42. The van der Waals surface area contributed by atoms with Crippen LogP contribution >= 0.6 is 0 Å². The third-order valence-electron chi connectivity index (χ3n) is 10.4. The summed E-state index contributed by atoms with van der Waals surface area (Å²) >= 11 is 0. The van der Waals surface area contributed by atoms with Crippen LogP contribution in [-0.2, 0) is 7.05 Å². The highest BCUT2D eigenvalue weighted by atomic mass is 16.3. The maximum atomic E-state index is 11.5. The molecule has 4 aliphatic carbocycles. The van der Waals surface area contributed by atoms with Crippen LogP contribution in [0.3, 0.4) is 0 Å². The Hall–Kier alpha value is -1.13. The Morgan fingerprint density at radius 2 is 1.73 bits per heavy atom. The lowest BCUT2D eigenvalue weighted by Gasteiger charge is -2.60. The monoisotopic (exact) mass is 412 g/mol. The van der Waals surface area contributed by atoms with Gasteiger partial charge in [0, 0.05) is 23.7 Å². The van der Waals surface area contributed by atoms with Gasteiger partial charge in [-0.05, 0) is 106 Å². The number of aryl methyl sites for hydroxylation is 2. The van der Waals surface area contributed by atoms with Gasteiger partial charge in [0.25, 0.3) is 0 Å². The van der Waals surface area contributed by atoms with Crippen LogP contribution in [0.1, 0.15) is 82.2 Å². The Bertz CT molecular complexity index is 873. The van der Waals surface area contributed by atoms with E-state index in [4.69, 9.17) is 0 Å². The molecule has 0 bridgehead atoms. The van der Waals surface area contributed by atoms with Crippen LogP contribution in [0.4, 0.5) is 0 Å². The van der Waals surface area contributed by atoms with E-state index in [1.807, 2.05) is 11.7 Å². The van der Waals surface area contributed by atoms with Gasteiger partial charge in [-0.2, -0.15) is 5.10 Å². The zero-order valence-corrected chi connectivity index (χ0v) is 19.5. The van der Waals surface area contributed by atoms with E-state index >= 15 is 0 Å². The molecule has 4 fully saturated rings. The van der Waals surface area contributed by atoms with Crippen molar-refractivity contribution in [3.63, 3.8) is 0 Å². The summed E-state index contributed by atoms with van der Waals surface area (Å²) in [6, 6.07) is 0. The predicted octanol–water partition coefficient (Wildman–Crippen LogP) is 4.79. The van der Waals surface area contributed by atoms with E-state index < -0.39 is 0 Å². The maximum Gasteiger partial charge on any atom is 0.0809 e. The topological polar surface area (TPSA) is 58.3 Å². The highest BCUT2D eigenvalue weighted by molar-refractivity contribution is 5.59. The van der Waals surface area contributed by atoms with Crippen molar-refractivity contribution in [2.75, 3.05) is 0 Å². The quantitative estimate of drug-likeness (QED) is 0.697. The summed E-state index contributed by atoms with van der Waals surface area (Å²) in [6.07, 6.45) is 11.0. The molecule has 166 valence electrons. The lowest BCUT2D eigenvalue weighted by atomic mass is 9.45. The predicted molar refractivity (Wildman–Crippen MR) is 120 cm³/mol. The molecule has 5 rings (SSSR count). The van der Waals surface area contributed by atoms with Crippen LogP contribution in [-0.4, -0.2) is 32.2 Å². The molecule has 0 unspecified atom stereocenters. The van der Waals surface area contributed by atoms with Crippen LogP contribution in [0.5, 0.6) is 0 Å². The van der Waals surface area contributed by atoms with Gasteiger partial charge in [0.15, 0.2) is 0 Å². The van der Waals surface area contributed by atoms with Gasteiger partial charge in [0.1, 0.15) is 0 Å². The second kappa shape index (κ2) is 6.93. The highest BCUT2D eigenvalue weighted by Crippen LogP contribution is 2.67. The van der Waals surface area contributed by atoms with E-state index in [0.717, 1.165) is 43.2 Å². The molecular weight excluding hydrogens is 372 g/mol. The summed E-state index contributed by atoms with van der Waals surface area (Å²) in [7, 11) is 2.00. The van der Waals surface area contributed by atoms with Gasteiger partial charge in [0.05, 0.1) is 17.9 Å². The summed E-state index contributed by atoms with van der Waals surface area (Å²) in [4.78, 5) is 0. The number of nitrogens with zero attached hydrogens (tertiary/aromatic N) is 2. The number of fused-ring (bicyclic) bond motifs is 5. The molecule has 8 atom stereocenters. The third-order valence-corrected chi connectivity index (χ3v) is 10.4. The minimum absolute atomic E-state index is 0.00833. The van der Waals surface area contributed by atoms with Gasteiger partial charge in [-0.3, -0.25) is 4.68 Å². The molecule has 2 N–H and O–H groups in total. The second-order valence-electron chi connectivity index (χ2n) is 11.7. The first-order valence-electron chi connectivity index (χ1n) is 12.2. The first-order valence-corrected chi connectivity index (χ1v) is 12.2. The zero-order valence-electron chi connectivity index (χ0n) is 19.5. The standard InChI is InChI=1S/C26H40N2O2/c1-15-21(16(2)28(5)27-15)12-17-13-23-20-7-6-18-14-19(29)8-10-25(18,3)22(20)9-11-26(23,4)24(17)30/h12,18-20,22-24,29-30H,6-11,13-14H2,1-5H3/b17-12+/t18-,19-,20-,22+,23+,24-,25-,26+/m0/s1. The Balaban J connectivity index is 1.46. The molecule has 4 aliphatic rings. The van der Waals surface area contributed by atoms with E-state index in [-0.39, 0.29) is 17.6 Å². The summed E-state index contributed by atoms with van der Waals surface area (Å²) in [5, 5.41) is 26.3. The summed E-state index contributed by atoms with van der Waals surface area (Å²) < 4.78 is 1.95. The van der Waals surface area contributed by atoms with Crippen molar-refractivity contribution < 1.29 is 10.2 Å². The molecule has 1 aromatic rings. The molecule has 0 amide bonds. The molecular formula is C26H40N2O2. The smallest absolute Gasteiger partial charge is 0.0809 e. The number of aliphatic hydroxyl groups excluding tert-OH is 2. The molecule has 1 aromatic heterocycles. The van der Waals surface area contributed by atoms with Crippen molar-refractivity contribution in [2.24, 2.45) is 41.5 Å². The molecule has 0 saturated heterocycles. The first kappa shape index (κ1) is 20.8. The SMILES string of the molecule is Cc1nn(C)c(C)c1/C=C1\C[C@@H]2[C@H]3CC[C@H]4C[C@@H](O)CC[C@]4(C)[C@@H]3CC[C@@]2(C)[C@H]1O. The van der Waals surface area contributed by atoms with Crippen LogP contribution in [0.15, 0.2) is 5.57 Å². The van der Waals surface area contributed by atoms with Crippen molar-refractivity contribution in [3.8, 4) is 0 Å². The van der Waals surface area contributed by atoms with Gasteiger partial charge >= 0.3 is 0 Å². The highest BCUT2D eigenvalue weighted by Gasteiger charge is 2.61. The van der Waals surface area contributed by atoms with Gasteiger partial charge in [0.2, 0.25) is 0 Å². The van der Waals surface area contributed by atoms with Gasteiger partial charge in [-0.1, -0.05) is 13.8 Å². The fourth-order valence-corrected chi connectivity index (χ4v) is 8.42. The Morgan fingerprint density at radius 1 is 1.00 bits per heavy atom. The van der Waals surface area contributed by atoms with E-state index in [0.29, 0.717) is 17.3 Å². The third kappa shape index (κ3) is 2.82. The minimum atomic E-state index is -0.332. The lowest BCUT2D eigenvalue weighted by molar-refractivity contribution is -0.133. The van der Waals surface area contributed by atoms with E-state index in [1.165, 1.54) is 42.5 Å². The van der Waals surface area contributed by atoms with E-state index in [2.05, 4.69) is 38.9 Å². The summed E-state index contributed by atoms with van der Waals surface area (Å²) in [6.45, 7) is 9.10. The van der Waals surface area contributed by atoms with Crippen molar-refractivity contribution in [3.05, 3.63) is 22.5 Å². The van der Waals surface area contributed by atoms with Crippen molar-refractivity contribution in [1.29, 1.82) is 0 Å². The summed E-state index contributed by atoms with van der Waals surface area (Å²) in [5.74, 6) is 2.75. The first-order chi connectivity index (χ1) is 14.1. The van der Waals surface area contributed by atoms with Crippen molar-refractivity contribution in [2.45, 2.75) is 91.3 Å². The summed E-state index contributed by atoms with van der Waals surface area (Å²) in [5.41, 5.74) is 5.06. The van der Waals surface area contributed by atoms with E-state index in [1.54, 1.807) is 0 Å². The Morgan fingerprint density at radius 3 is 2.43 bits per heavy atom. The molecule has 1 heterocycles. The van der Waals surface area contributed by atoms with Crippen LogP contribution in [0, 0.1) is 48.3 Å². The molecule has 4 nitrogen and oxygen atoms in total. The van der Waals surface area contributed by atoms with Crippen molar-refractivity contribution in [1.82, 2.24) is 9.78 Å². The van der Waals surface area contributed by atoms with Crippen LogP contribution < -0.4 is 0 Å². The van der Waals surface area contributed by atoms with Gasteiger partial charge in [-0.15, -0.1) is 0 Å².